The predicted octanol–water partition coefficient (Wildman–Crippen LogP) is 15.3. The monoisotopic (exact) mass is 741 g/mol. The fourth-order valence-corrected chi connectivity index (χ4v) is 11.0. The van der Waals surface area contributed by atoms with Gasteiger partial charge in [0.15, 0.2) is 0 Å². The summed E-state index contributed by atoms with van der Waals surface area (Å²) in [4.78, 5) is 2.42. The molecule has 1 aromatic heterocycles. The van der Waals surface area contributed by atoms with Crippen molar-refractivity contribution in [2.24, 2.45) is 0 Å². The molecule has 2 heteroatoms. The smallest absolute Gasteiger partial charge is 0.0714 e. The second-order valence-corrected chi connectivity index (χ2v) is 16.3. The summed E-state index contributed by atoms with van der Waals surface area (Å²) in [5.74, 6) is 0. The summed E-state index contributed by atoms with van der Waals surface area (Å²) in [6.07, 6.45) is 0. The highest BCUT2D eigenvalue weighted by atomic mass is 32.1. The highest BCUT2D eigenvalue weighted by molar-refractivity contribution is 7.25. The Bertz CT molecular complexity index is 3290. The summed E-state index contributed by atoms with van der Waals surface area (Å²) in [6.45, 7) is 0. The van der Waals surface area contributed by atoms with E-state index in [0.717, 1.165) is 17.1 Å². The number of rotatable bonds is 6. The Morgan fingerprint density at radius 3 is 1.74 bits per heavy atom. The minimum absolute atomic E-state index is 0.448. The molecule has 0 fully saturated rings. The largest absolute Gasteiger partial charge is 0.310 e. The highest BCUT2D eigenvalue weighted by Gasteiger charge is 2.44. The van der Waals surface area contributed by atoms with Crippen LogP contribution in [0, 0.1) is 0 Å². The first-order valence-corrected chi connectivity index (χ1v) is 20.5. The molecule has 0 spiro atoms. The van der Waals surface area contributed by atoms with Gasteiger partial charge in [0.2, 0.25) is 0 Å². The second-order valence-electron chi connectivity index (χ2n) is 15.2. The zero-order valence-electron chi connectivity index (χ0n) is 31.1. The molecule has 10 aromatic carbocycles. The van der Waals surface area contributed by atoms with Gasteiger partial charge in [-0.25, -0.2) is 0 Å². The molecule has 0 bridgehead atoms. The summed E-state index contributed by atoms with van der Waals surface area (Å²) in [7, 11) is 0. The van der Waals surface area contributed by atoms with Crippen molar-refractivity contribution in [3.63, 3.8) is 0 Å². The van der Waals surface area contributed by atoms with Crippen LogP contribution in [0.3, 0.4) is 0 Å². The van der Waals surface area contributed by atoms with Crippen LogP contribution in [-0.4, -0.2) is 0 Å². The summed E-state index contributed by atoms with van der Waals surface area (Å²) >= 11 is 1.86. The maximum Gasteiger partial charge on any atom is 0.0714 e. The molecule has 57 heavy (non-hydrogen) atoms. The van der Waals surface area contributed by atoms with E-state index >= 15 is 0 Å². The Morgan fingerprint density at radius 1 is 0.351 bits per heavy atom. The molecule has 1 nitrogen and oxygen atoms in total. The molecule has 266 valence electrons. The van der Waals surface area contributed by atoms with E-state index in [1.165, 1.54) is 85.9 Å². The maximum atomic E-state index is 2.43. The van der Waals surface area contributed by atoms with Crippen LogP contribution >= 0.6 is 11.3 Å². The van der Waals surface area contributed by atoms with Gasteiger partial charge in [0.05, 0.1) is 11.1 Å². The Balaban J connectivity index is 1.01. The molecule has 0 unspecified atom stereocenters. The van der Waals surface area contributed by atoms with E-state index in [4.69, 9.17) is 0 Å². The summed E-state index contributed by atoms with van der Waals surface area (Å²) in [5.41, 5.74) is 10.6. The quantitative estimate of drug-likeness (QED) is 0.153. The molecule has 0 saturated carbocycles. The molecule has 1 aliphatic carbocycles. The molecule has 1 aliphatic rings. The average molecular weight is 742 g/mol. The van der Waals surface area contributed by atoms with Crippen molar-refractivity contribution in [2.45, 2.75) is 5.41 Å². The Kier molecular flexibility index (Phi) is 7.08. The third-order valence-corrected chi connectivity index (χ3v) is 13.4. The average Bonchev–Trinajstić information content (AvgIpc) is 3.81. The van der Waals surface area contributed by atoms with Crippen LogP contribution in [0.1, 0.15) is 22.3 Å². The molecular weight excluding hydrogens is 707 g/mol. The van der Waals surface area contributed by atoms with Gasteiger partial charge in [-0.15, -0.1) is 11.3 Å². The molecule has 0 radical (unpaired) electrons. The van der Waals surface area contributed by atoms with Gasteiger partial charge in [-0.05, 0) is 103 Å². The lowest BCUT2D eigenvalue weighted by Gasteiger charge is -2.34. The molecular formula is C55H35NS. The summed E-state index contributed by atoms with van der Waals surface area (Å²) in [5, 5.41) is 10.4. The number of hydrogen-bond acceptors (Lipinski definition) is 2. The summed E-state index contributed by atoms with van der Waals surface area (Å²) < 4.78 is 2.61. The Hall–Kier alpha value is -7.00. The van der Waals surface area contributed by atoms with E-state index in [9.17, 15) is 0 Å². The molecule has 12 rings (SSSR count). The van der Waals surface area contributed by atoms with E-state index in [0.29, 0.717) is 0 Å². The third-order valence-electron chi connectivity index (χ3n) is 12.3. The molecule has 0 saturated heterocycles. The van der Waals surface area contributed by atoms with E-state index in [1.54, 1.807) is 0 Å². The minimum atomic E-state index is -0.448. The van der Waals surface area contributed by atoms with Crippen molar-refractivity contribution in [2.75, 3.05) is 4.90 Å². The Labute approximate surface area is 335 Å². The van der Waals surface area contributed by atoms with Gasteiger partial charge in [-0.3, -0.25) is 0 Å². The van der Waals surface area contributed by atoms with E-state index in [1.807, 2.05) is 11.3 Å². The lowest BCUT2D eigenvalue weighted by atomic mass is 9.67. The van der Waals surface area contributed by atoms with Gasteiger partial charge < -0.3 is 4.90 Å². The minimum Gasteiger partial charge on any atom is -0.310 e. The van der Waals surface area contributed by atoms with Gasteiger partial charge in [0.25, 0.3) is 0 Å². The number of thiophene rings is 1. The zero-order valence-corrected chi connectivity index (χ0v) is 31.9. The molecule has 0 N–H and O–H groups in total. The number of benzene rings is 10. The van der Waals surface area contributed by atoms with Crippen LogP contribution in [0.2, 0.25) is 0 Å². The van der Waals surface area contributed by atoms with E-state index < -0.39 is 5.41 Å². The predicted molar refractivity (Wildman–Crippen MR) is 244 cm³/mol. The van der Waals surface area contributed by atoms with Crippen molar-refractivity contribution >= 4 is 80.9 Å². The van der Waals surface area contributed by atoms with Gasteiger partial charge >= 0.3 is 0 Å². The van der Waals surface area contributed by atoms with Crippen molar-refractivity contribution in [3.05, 3.63) is 235 Å². The number of nitrogens with zero attached hydrogens (tertiary/aromatic N) is 1. The normalized spacial score (nSPS) is 13.1. The topological polar surface area (TPSA) is 3.24 Å². The van der Waals surface area contributed by atoms with Crippen LogP contribution in [0.25, 0.3) is 63.6 Å². The maximum absolute atomic E-state index is 2.43. The fourth-order valence-electron chi connectivity index (χ4n) is 9.82. The first-order chi connectivity index (χ1) is 28.3. The van der Waals surface area contributed by atoms with Gasteiger partial charge in [-0.1, -0.05) is 170 Å². The van der Waals surface area contributed by atoms with Crippen molar-refractivity contribution in [3.8, 4) is 11.1 Å². The lowest BCUT2D eigenvalue weighted by Crippen LogP contribution is -2.28. The molecule has 0 aliphatic heterocycles. The fraction of sp³-hybridized carbons (Fsp3) is 0.0182. The van der Waals surface area contributed by atoms with Crippen LogP contribution < -0.4 is 4.90 Å². The van der Waals surface area contributed by atoms with Crippen molar-refractivity contribution < 1.29 is 0 Å². The standard InChI is InChI=1S/C55H35NS/c1-2-17-41(18-3-1)55(48-22-9-14-38-26-27-39-15-10-23-49(55)54(39)53(38)48)42-19-8-16-40(34-42)36-28-30-43(31-29-36)56(50-24-11-13-37-12-4-5-20-45(37)50)44-32-33-47-46-21-6-7-25-51(46)57-52(47)35-44/h1-35H. The second kappa shape index (κ2) is 12.5. The number of fused-ring (bicyclic) bond motifs is 4. The molecule has 1 heterocycles. The van der Waals surface area contributed by atoms with E-state index in [2.05, 4.69) is 217 Å². The van der Waals surface area contributed by atoms with Crippen LogP contribution in [0.15, 0.2) is 212 Å². The first-order valence-electron chi connectivity index (χ1n) is 19.7. The highest BCUT2D eigenvalue weighted by Crippen LogP contribution is 2.56. The van der Waals surface area contributed by atoms with E-state index in [-0.39, 0.29) is 0 Å². The molecule has 0 amide bonds. The SMILES string of the molecule is c1ccc(C2(c3cccc(-c4ccc(N(c5ccc6c(c5)sc5ccccc56)c5cccc6ccccc56)cc4)c3)c3cccc4ccc5cccc2c5c34)cc1. The summed E-state index contributed by atoms with van der Waals surface area (Å²) in [6, 6.07) is 78.8. The Morgan fingerprint density at radius 2 is 0.947 bits per heavy atom. The lowest BCUT2D eigenvalue weighted by molar-refractivity contribution is 0.772. The van der Waals surface area contributed by atoms with Crippen LogP contribution in [0.4, 0.5) is 17.1 Å². The van der Waals surface area contributed by atoms with Gasteiger partial charge in [0, 0.05) is 36.9 Å². The molecule has 0 atom stereocenters. The van der Waals surface area contributed by atoms with Crippen molar-refractivity contribution in [1.82, 2.24) is 0 Å². The number of hydrogen-bond donors (Lipinski definition) is 0. The van der Waals surface area contributed by atoms with Crippen LogP contribution in [-0.2, 0) is 5.41 Å². The molecule has 11 aromatic rings. The van der Waals surface area contributed by atoms with Gasteiger partial charge in [0.1, 0.15) is 0 Å². The van der Waals surface area contributed by atoms with Gasteiger partial charge in [-0.2, -0.15) is 0 Å². The third kappa shape index (κ3) is 4.75. The number of anilines is 3. The van der Waals surface area contributed by atoms with Crippen molar-refractivity contribution in [1.29, 1.82) is 0 Å². The van der Waals surface area contributed by atoms with Crippen LogP contribution in [0.5, 0.6) is 0 Å². The zero-order chi connectivity index (χ0) is 37.5. The first kappa shape index (κ1) is 32.3.